The highest BCUT2D eigenvalue weighted by molar-refractivity contribution is 5.76. The van der Waals surface area contributed by atoms with Gasteiger partial charge in [0.25, 0.3) is 0 Å². The van der Waals surface area contributed by atoms with Gasteiger partial charge in [-0.1, -0.05) is 0 Å². The van der Waals surface area contributed by atoms with E-state index in [0.29, 0.717) is 24.9 Å². The van der Waals surface area contributed by atoms with E-state index >= 15 is 0 Å². The van der Waals surface area contributed by atoms with Crippen LogP contribution in [0.25, 0.3) is 0 Å². The minimum atomic E-state index is 0.224. The number of piperidine rings is 1. The number of carbonyl (C=O) groups excluding carboxylic acids is 1. The Labute approximate surface area is 150 Å². The fourth-order valence-corrected chi connectivity index (χ4v) is 3.97. The molecule has 0 atom stereocenters. The van der Waals surface area contributed by atoms with E-state index in [1.807, 2.05) is 11.1 Å². The smallest absolute Gasteiger partial charge is 0.224 e. The van der Waals surface area contributed by atoms with Crippen molar-refractivity contribution < 1.29 is 14.3 Å². The highest BCUT2D eigenvalue weighted by Crippen LogP contribution is 2.29. The number of ether oxygens (including phenoxy) is 2. The minimum Gasteiger partial charge on any atom is -0.384 e. The molecule has 0 unspecified atom stereocenters. The summed E-state index contributed by atoms with van der Waals surface area (Å²) in [6.45, 7) is 7.12. The molecule has 25 heavy (non-hydrogen) atoms. The second-order valence-corrected chi connectivity index (χ2v) is 7.32. The highest BCUT2D eigenvalue weighted by Gasteiger charge is 2.26. The molecule has 1 amide bonds. The normalized spacial score (nSPS) is 20.2. The number of aromatic nitrogens is 2. The van der Waals surface area contributed by atoms with Gasteiger partial charge in [-0.15, -0.1) is 0 Å². The molecule has 0 saturated carbocycles. The van der Waals surface area contributed by atoms with Crippen LogP contribution in [0.4, 0.5) is 0 Å². The number of rotatable bonds is 6. The Hall–Kier alpha value is -1.40. The van der Waals surface area contributed by atoms with Gasteiger partial charge in [-0.2, -0.15) is 0 Å². The lowest BCUT2D eigenvalue weighted by Crippen LogP contribution is -2.39. The zero-order valence-corrected chi connectivity index (χ0v) is 15.6. The van der Waals surface area contributed by atoms with E-state index in [0.717, 1.165) is 58.5 Å². The van der Waals surface area contributed by atoms with Gasteiger partial charge in [0, 0.05) is 57.8 Å². The quantitative estimate of drug-likeness (QED) is 0.791. The van der Waals surface area contributed by atoms with Crippen molar-refractivity contribution >= 4 is 5.91 Å². The molecule has 0 radical (unpaired) electrons. The van der Waals surface area contributed by atoms with Crippen LogP contribution in [0, 0.1) is 12.8 Å². The van der Waals surface area contributed by atoms with Crippen LogP contribution in [0.15, 0.2) is 6.20 Å². The van der Waals surface area contributed by atoms with Crippen molar-refractivity contribution in [3.63, 3.8) is 0 Å². The van der Waals surface area contributed by atoms with Gasteiger partial charge in [0.2, 0.25) is 5.91 Å². The first kappa shape index (κ1) is 18.4. The lowest BCUT2D eigenvalue weighted by Gasteiger charge is -2.33. The Bertz CT molecular complexity index is 558. The highest BCUT2D eigenvalue weighted by atomic mass is 16.5. The van der Waals surface area contributed by atoms with E-state index in [4.69, 9.17) is 14.5 Å². The second-order valence-electron chi connectivity index (χ2n) is 7.32. The number of nitrogens with zero attached hydrogens (tertiary/aromatic N) is 3. The maximum absolute atomic E-state index is 12.1. The van der Waals surface area contributed by atoms with Gasteiger partial charge in [0.15, 0.2) is 0 Å². The topological polar surface area (TPSA) is 56.6 Å². The molecule has 6 nitrogen and oxygen atoms in total. The molecular formula is C19H31N3O3. The number of aryl methyl sites for hydroxylation is 1. The molecule has 0 bridgehead atoms. The van der Waals surface area contributed by atoms with Crippen LogP contribution >= 0.6 is 0 Å². The number of likely N-dealkylation sites (tertiary alicyclic amines) is 1. The molecule has 0 aliphatic carbocycles. The molecule has 2 saturated heterocycles. The molecule has 0 spiro atoms. The zero-order valence-electron chi connectivity index (χ0n) is 15.6. The largest absolute Gasteiger partial charge is 0.384 e. The van der Waals surface area contributed by atoms with E-state index in [1.165, 1.54) is 11.5 Å². The van der Waals surface area contributed by atoms with Crippen LogP contribution in [-0.2, 0) is 20.8 Å². The Kier molecular flexibility index (Phi) is 6.48. The first-order valence-electron chi connectivity index (χ1n) is 9.55. The number of carbonyl (C=O) groups is 1. The van der Waals surface area contributed by atoms with E-state index in [-0.39, 0.29) is 5.91 Å². The van der Waals surface area contributed by atoms with Gasteiger partial charge in [0.1, 0.15) is 5.82 Å². The van der Waals surface area contributed by atoms with Gasteiger partial charge in [-0.3, -0.25) is 4.79 Å². The summed E-state index contributed by atoms with van der Waals surface area (Å²) >= 11 is 0. The summed E-state index contributed by atoms with van der Waals surface area (Å²) in [4.78, 5) is 18.8. The van der Waals surface area contributed by atoms with Crippen molar-refractivity contribution in [3.8, 4) is 0 Å². The third kappa shape index (κ3) is 4.61. The number of hydrogen-bond acceptors (Lipinski definition) is 4. The summed E-state index contributed by atoms with van der Waals surface area (Å²) in [5, 5.41) is 0. The van der Waals surface area contributed by atoms with E-state index in [2.05, 4.69) is 11.5 Å². The SMILES string of the molecule is COCCC(=O)N1CCC(Cn2c(C)cnc2C2CCOCC2)CC1. The lowest BCUT2D eigenvalue weighted by atomic mass is 9.95. The molecule has 1 aromatic heterocycles. The summed E-state index contributed by atoms with van der Waals surface area (Å²) in [6, 6.07) is 0. The van der Waals surface area contributed by atoms with Crippen LogP contribution in [0.2, 0.25) is 0 Å². The Morgan fingerprint density at radius 3 is 2.68 bits per heavy atom. The predicted molar refractivity (Wildman–Crippen MR) is 95.6 cm³/mol. The van der Waals surface area contributed by atoms with E-state index in [1.54, 1.807) is 7.11 Å². The summed E-state index contributed by atoms with van der Waals surface area (Å²) in [5.74, 6) is 2.61. The van der Waals surface area contributed by atoms with Gasteiger partial charge in [-0.05, 0) is 38.5 Å². The molecule has 140 valence electrons. The molecule has 1 aromatic rings. The molecule has 3 rings (SSSR count). The van der Waals surface area contributed by atoms with Crippen molar-refractivity contribution in [2.75, 3.05) is 40.0 Å². The summed E-state index contributed by atoms with van der Waals surface area (Å²) < 4.78 is 12.9. The number of imidazole rings is 1. The van der Waals surface area contributed by atoms with Crippen LogP contribution in [0.5, 0.6) is 0 Å². The first-order chi connectivity index (χ1) is 12.2. The standard InChI is InChI=1S/C19H31N3O3/c1-15-13-20-19(17-5-11-25-12-6-17)22(15)14-16-3-8-21(9-4-16)18(23)7-10-24-2/h13,16-17H,3-12,14H2,1-2H3. The Morgan fingerprint density at radius 2 is 2.00 bits per heavy atom. The van der Waals surface area contributed by atoms with Gasteiger partial charge >= 0.3 is 0 Å². The number of methoxy groups -OCH3 is 1. The number of hydrogen-bond donors (Lipinski definition) is 0. The summed E-state index contributed by atoms with van der Waals surface area (Å²) in [5.41, 5.74) is 1.25. The Morgan fingerprint density at radius 1 is 1.28 bits per heavy atom. The summed E-state index contributed by atoms with van der Waals surface area (Å²) in [6.07, 6.45) is 6.79. The summed E-state index contributed by atoms with van der Waals surface area (Å²) in [7, 11) is 1.64. The molecule has 0 N–H and O–H groups in total. The van der Waals surface area contributed by atoms with Crippen LogP contribution in [-0.4, -0.2) is 60.4 Å². The van der Waals surface area contributed by atoms with Crippen molar-refractivity contribution in [2.24, 2.45) is 5.92 Å². The van der Waals surface area contributed by atoms with Crippen molar-refractivity contribution in [1.82, 2.24) is 14.5 Å². The van der Waals surface area contributed by atoms with Crippen LogP contribution in [0.1, 0.15) is 49.5 Å². The predicted octanol–water partition coefficient (Wildman–Crippen LogP) is 2.36. The van der Waals surface area contributed by atoms with Gasteiger partial charge in [-0.25, -0.2) is 4.98 Å². The maximum Gasteiger partial charge on any atom is 0.224 e. The first-order valence-corrected chi connectivity index (χ1v) is 9.55. The molecule has 0 aromatic carbocycles. The Balaban J connectivity index is 1.55. The fraction of sp³-hybridized carbons (Fsp3) is 0.789. The van der Waals surface area contributed by atoms with E-state index < -0.39 is 0 Å². The number of amides is 1. The third-order valence-electron chi connectivity index (χ3n) is 5.60. The fourth-order valence-electron chi connectivity index (χ4n) is 3.97. The van der Waals surface area contributed by atoms with Crippen molar-refractivity contribution in [1.29, 1.82) is 0 Å². The zero-order chi connectivity index (χ0) is 17.6. The second kappa shape index (κ2) is 8.81. The van der Waals surface area contributed by atoms with Crippen molar-refractivity contribution in [2.45, 2.75) is 51.5 Å². The van der Waals surface area contributed by atoms with Crippen LogP contribution in [0.3, 0.4) is 0 Å². The lowest BCUT2D eigenvalue weighted by molar-refractivity contribution is -0.133. The van der Waals surface area contributed by atoms with E-state index in [9.17, 15) is 4.79 Å². The molecular weight excluding hydrogens is 318 g/mol. The maximum atomic E-state index is 12.1. The van der Waals surface area contributed by atoms with Gasteiger partial charge in [0.05, 0.1) is 13.0 Å². The average Bonchev–Trinajstić information content (AvgIpc) is 3.01. The minimum absolute atomic E-state index is 0.224. The molecule has 2 aliphatic rings. The molecule has 2 aliphatic heterocycles. The van der Waals surface area contributed by atoms with Crippen LogP contribution < -0.4 is 0 Å². The third-order valence-corrected chi connectivity index (χ3v) is 5.60. The monoisotopic (exact) mass is 349 g/mol. The molecule has 3 heterocycles. The molecule has 6 heteroatoms. The van der Waals surface area contributed by atoms with Gasteiger partial charge < -0.3 is 18.9 Å². The average molecular weight is 349 g/mol. The molecule has 2 fully saturated rings. The van der Waals surface area contributed by atoms with Crippen molar-refractivity contribution in [3.05, 3.63) is 17.7 Å².